The molecule has 0 radical (unpaired) electrons. The number of carbonyl (C=O) groups is 1. The van der Waals surface area contributed by atoms with E-state index in [2.05, 4.69) is 15.5 Å². The van der Waals surface area contributed by atoms with E-state index in [4.69, 9.17) is 10.6 Å². The van der Waals surface area contributed by atoms with Crippen molar-refractivity contribution in [2.24, 2.45) is 0 Å². The third-order valence-electron chi connectivity index (χ3n) is 3.84. The van der Waals surface area contributed by atoms with Crippen LogP contribution in [0.15, 0.2) is 5.16 Å². The van der Waals surface area contributed by atoms with Gasteiger partial charge in [0.15, 0.2) is 5.82 Å². The summed E-state index contributed by atoms with van der Waals surface area (Å²) in [7, 11) is 1.65. The van der Waals surface area contributed by atoms with Gasteiger partial charge in [-0.2, -0.15) is 0 Å². The summed E-state index contributed by atoms with van der Waals surface area (Å²) in [5, 5.41) is 11.8. The molecule has 1 saturated carbocycles. The lowest BCUT2D eigenvalue weighted by Crippen LogP contribution is -2.27. The molecule has 0 atom stereocenters. The molecule has 8 heteroatoms. The fourth-order valence-corrected chi connectivity index (χ4v) is 3.34. The average molecular weight is 327 g/mol. The van der Waals surface area contributed by atoms with Gasteiger partial charge in [-0.25, -0.2) is 4.68 Å². The normalized spacial score (nSPS) is 15.9. The Kier molecular flexibility index (Phi) is 6.98. The van der Waals surface area contributed by atoms with E-state index in [0.717, 1.165) is 25.1 Å². The summed E-state index contributed by atoms with van der Waals surface area (Å²) in [5.41, 5.74) is 0. The molecule has 7 nitrogen and oxygen atoms in total. The molecule has 0 unspecified atom stereocenters. The molecule has 3 N–H and O–H groups in total. The zero-order valence-corrected chi connectivity index (χ0v) is 13.9. The Hall–Kier alpha value is -1.28. The number of hydrogen-bond donors (Lipinski definition) is 2. The number of thioether (sulfide) groups is 1. The number of aromatic nitrogens is 3. The lowest BCUT2D eigenvalue weighted by Gasteiger charge is -2.20. The zero-order valence-electron chi connectivity index (χ0n) is 13.1. The van der Waals surface area contributed by atoms with Crippen LogP contribution in [0.5, 0.6) is 0 Å². The van der Waals surface area contributed by atoms with E-state index in [0.29, 0.717) is 30.0 Å². The Morgan fingerprint density at radius 3 is 2.91 bits per heavy atom. The Bertz CT molecular complexity index is 474. The number of nitrogen functional groups attached to an aromatic ring is 1. The lowest BCUT2D eigenvalue weighted by atomic mass is 9.89. The molecule has 0 spiro atoms. The number of nitrogens with zero attached hydrogens (tertiary/aromatic N) is 3. The molecular weight excluding hydrogens is 302 g/mol. The highest BCUT2D eigenvalue weighted by molar-refractivity contribution is 7.99. The summed E-state index contributed by atoms with van der Waals surface area (Å²) in [6.45, 7) is 1.27. The van der Waals surface area contributed by atoms with Crippen molar-refractivity contribution in [3.8, 4) is 0 Å². The summed E-state index contributed by atoms with van der Waals surface area (Å²) in [4.78, 5) is 11.7. The molecule has 0 aromatic carbocycles. The average Bonchev–Trinajstić information content (AvgIpc) is 2.91. The van der Waals surface area contributed by atoms with E-state index < -0.39 is 0 Å². The molecular formula is C14H25N5O2S. The van der Waals surface area contributed by atoms with Crippen LogP contribution in [0.25, 0.3) is 0 Å². The van der Waals surface area contributed by atoms with E-state index in [9.17, 15) is 4.79 Å². The summed E-state index contributed by atoms with van der Waals surface area (Å²) in [6, 6.07) is 0. The predicted octanol–water partition coefficient (Wildman–Crippen LogP) is 1.28. The van der Waals surface area contributed by atoms with Crippen LogP contribution in [0.4, 0.5) is 0 Å². The Balaban J connectivity index is 1.78. The van der Waals surface area contributed by atoms with Crippen molar-refractivity contribution in [1.29, 1.82) is 0 Å². The number of ether oxygens (including phenoxy) is 1. The first-order chi connectivity index (χ1) is 10.7. The maximum Gasteiger partial charge on any atom is 0.230 e. The van der Waals surface area contributed by atoms with Crippen LogP contribution in [-0.4, -0.2) is 46.8 Å². The van der Waals surface area contributed by atoms with Gasteiger partial charge in [0.05, 0.1) is 5.75 Å². The number of hydrogen-bond acceptors (Lipinski definition) is 6. The smallest absolute Gasteiger partial charge is 0.230 e. The first kappa shape index (κ1) is 17.1. The molecule has 1 aliphatic rings. The molecule has 1 fully saturated rings. The molecule has 1 aromatic rings. The number of methoxy groups -OCH3 is 1. The molecule has 22 heavy (non-hydrogen) atoms. The van der Waals surface area contributed by atoms with Crippen LogP contribution in [0.1, 0.15) is 50.3 Å². The highest BCUT2D eigenvalue weighted by Gasteiger charge is 2.22. The van der Waals surface area contributed by atoms with Crippen molar-refractivity contribution in [2.75, 3.05) is 31.9 Å². The van der Waals surface area contributed by atoms with Gasteiger partial charge in [0, 0.05) is 26.2 Å². The zero-order chi connectivity index (χ0) is 15.8. The summed E-state index contributed by atoms with van der Waals surface area (Å²) in [5.74, 6) is 7.61. The number of amides is 1. The molecule has 0 saturated heterocycles. The largest absolute Gasteiger partial charge is 0.385 e. The SMILES string of the molecule is COCCCNC(=O)CSc1nnc(C2CCCCC2)n1N. The second kappa shape index (κ2) is 8.99. The van der Waals surface area contributed by atoms with Gasteiger partial charge in [0.2, 0.25) is 11.1 Å². The van der Waals surface area contributed by atoms with Crippen LogP contribution in [0.2, 0.25) is 0 Å². The first-order valence-corrected chi connectivity index (χ1v) is 8.79. The van der Waals surface area contributed by atoms with E-state index in [1.165, 1.54) is 31.0 Å². The van der Waals surface area contributed by atoms with Gasteiger partial charge in [-0.3, -0.25) is 4.79 Å². The summed E-state index contributed by atoms with van der Waals surface area (Å²) < 4.78 is 6.49. The third-order valence-corrected chi connectivity index (χ3v) is 4.78. The number of carbonyl (C=O) groups excluding carboxylic acids is 1. The Morgan fingerprint density at radius 2 is 2.18 bits per heavy atom. The second-order valence-electron chi connectivity index (χ2n) is 5.53. The Labute approximate surface area is 135 Å². The fourth-order valence-electron chi connectivity index (χ4n) is 2.65. The minimum absolute atomic E-state index is 0.0247. The number of nitrogens with two attached hydrogens (primary N) is 1. The first-order valence-electron chi connectivity index (χ1n) is 7.81. The summed E-state index contributed by atoms with van der Waals surface area (Å²) in [6.07, 6.45) is 6.81. The fraction of sp³-hybridized carbons (Fsp3) is 0.786. The highest BCUT2D eigenvalue weighted by Crippen LogP contribution is 2.32. The van der Waals surface area contributed by atoms with Gasteiger partial charge in [0.1, 0.15) is 0 Å². The molecule has 0 bridgehead atoms. The van der Waals surface area contributed by atoms with Crippen molar-refractivity contribution in [3.05, 3.63) is 5.82 Å². The molecule has 1 amide bonds. The topological polar surface area (TPSA) is 95.1 Å². The van der Waals surface area contributed by atoms with Crippen molar-refractivity contribution in [2.45, 2.75) is 49.6 Å². The standard InChI is InChI=1S/C14H25N5O2S/c1-21-9-5-8-16-12(20)10-22-14-18-17-13(19(14)15)11-6-3-2-4-7-11/h11H,2-10,15H2,1H3,(H,16,20). The maximum atomic E-state index is 11.7. The minimum atomic E-state index is -0.0247. The van der Waals surface area contributed by atoms with E-state index >= 15 is 0 Å². The van der Waals surface area contributed by atoms with Gasteiger partial charge in [-0.05, 0) is 19.3 Å². The minimum Gasteiger partial charge on any atom is -0.385 e. The van der Waals surface area contributed by atoms with Gasteiger partial charge < -0.3 is 15.9 Å². The van der Waals surface area contributed by atoms with Crippen LogP contribution in [0.3, 0.4) is 0 Å². The van der Waals surface area contributed by atoms with Gasteiger partial charge in [-0.1, -0.05) is 31.0 Å². The maximum absolute atomic E-state index is 11.7. The van der Waals surface area contributed by atoms with Crippen LogP contribution >= 0.6 is 11.8 Å². The molecule has 1 aliphatic carbocycles. The van der Waals surface area contributed by atoms with E-state index in [1.54, 1.807) is 11.8 Å². The van der Waals surface area contributed by atoms with Crippen LogP contribution < -0.4 is 11.2 Å². The van der Waals surface area contributed by atoms with Crippen molar-refractivity contribution >= 4 is 17.7 Å². The van der Waals surface area contributed by atoms with Crippen molar-refractivity contribution in [3.63, 3.8) is 0 Å². The molecule has 0 aliphatic heterocycles. The molecule has 2 rings (SSSR count). The molecule has 1 heterocycles. The van der Waals surface area contributed by atoms with Crippen LogP contribution in [0, 0.1) is 0 Å². The monoisotopic (exact) mass is 327 g/mol. The number of nitrogens with one attached hydrogen (secondary N) is 1. The second-order valence-corrected chi connectivity index (χ2v) is 6.47. The summed E-state index contributed by atoms with van der Waals surface area (Å²) >= 11 is 1.32. The Morgan fingerprint density at radius 1 is 1.41 bits per heavy atom. The predicted molar refractivity (Wildman–Crippen MR) is 86.2 cm³/mol. The van der Waals surface area contributed by atoms with Crippen molar-refractivity contribution in [1.82, 2.24) is 20.2 Å². The highest BCUT2D eigenvalue weighted by atomic mass is 32.2. The molecule has 124 valence electrons. The third kappa shape index (κ3) is 4.88. The quantitative estimate of drug-likeness (QED) is 0.424. The van der Waals surface area contributed by atoms with Gasteiger partial charge in [0.25, 0.3) is 0 Å². The van der Waals surface area contributed by atoms with Gasteiger partial charge in [-0.15, -0.1) is 10.2 Å². The lowest BCUT2D eigenvalue weighted by molar-refractivity contribution is -0.118. The van der Waals surface area contributed by atoms with Crippen molar-refractivity contribution < 1.29 is 9.53 Å². The molecule has 1 aromatic heterocycles. The van der Waals surface area contributed by atoms with Crippen LogP contribution in [-0.2, 0) is 9.53 Å². The number of rotatable bonds is 8. The van der Waals surface area contributed by atoms with Gasteiger partial charge >= 0.3 is 0 Å². The van der Waals surface area contributed by atoms with E-state index in [1.807, 2.05) is 0 Å². The van der Waals surface area contributed by atoms with E-state index in [-0.39, 0.29) is 5.91 Å².